The van der Waals surface area contributed by atoms with Crippen LogP contribution in [0.25, 0.3) is 0 Å². The molecule has 1 aromatic rings. The lowest BCUT2D eigenvalue weighted by Crippen LogP contribution is -2.24. The van der Waals surface area contributed by atoms with E-state index in [0.717, 1.165) is 18.1 Å². The smallest absolute Gasteiger partial charge is 0.191 e. The van der Waals surface area contributed by atoms with Gasteiger partial charge in [-0.05, 0) is 25.9 Å². The van der Waals surface area contributed by atoms with Crippen LogP contribution in [0.5, 0.6) is 0 Å². The lowest BCUT2D eigenvalue weighted by molar-refractivity contribution is 0.273. The fourth-order valence-corrected chi connectivity index (χ4v) is 2.00. The topological polar surface area (TPSA) is 29.3 Å². The van der Waals surface area contributed by atoms with Gasteiger partial charge >= 0.3 is 0 Å². The van der Waals surface area contributed by atoms with Crippen LogP contribution in [-0.2, 0) is 6.54 Å². The van der Waals surface area contributed by atoms with Crippen LogP contribution < -0.4 is 0 Å². The van der Waals surface area contributed by atoms with Crippen LogP contribution in [0.15, 0.2) is 10.7 Å². The molecule has 0 N–H and O–H groups in total. The Labute approximate surface area is 85.1 Å². The predicted octanol–water partition coefficient (Wildman–Crippen LogP) is 2.36. The summed E-state index contributed by atoms with van der Waals surface area (Å²) in [6.45, 7) is 5.28. The number of hydrogen-bond donors (Lipinski definition) is 0. The first-order chi connectivity index (χ1) is 6.84. The van der Waals surface area contributed by atoms with Crippen molar-refractivity contribution in [3.05, 3.63) is 17.8 Å². The Balaban J connectivity index is 1.89. The number of likely N-dealkylation sites (tertiary alicyclic amines) is 1. The van der Waals surface area contributed by atoms with Crippen LogP contribution in [0.2, 0.25) is 0 Å². The monoisotopic (exact) mass is 194 g/mol. The van der Waals surface area contributed by atoms with Gasteiger partial charge in [0, 0.05) is 13.5 Å². The fourth-order valence-electron chi connectivity index (χ4n) is 2.00. The summed E-state index contributed by atoms with van der Waals surface area (Å²) in [5.41, 5.74) is 1.07. The van der Waals surface area contributed by atoms with E-state index in [4.69, 9.17) is 4.42 Å². The zero-order chi connectivity index (χ0) is 9.80. The molecule has 1 aromatic heterocycles. The Morgan fingerprint density at radius 3 is 2.57 bits per heavy atom. The zero-order valence-corrected chi connectivity index (χ0v) is 8.83. The molecule has 0 spiro atoms. The quantitative estimate of drug-likeness (QED) is 0.723. The third kappa shape index (κ3) is 2.58. The number of aryl methyl sites for hydroxylation is 1. The van der Waals surface area contributed by atoms with Crippen LogP contribution >= 0.6 is 0 Å². The maximum atomic E-state index is 5.20. The molecule has 1 fully saturated rings. The molecule has 0 atom stereocenters. The first-order valence-electron chi connectivity index (χ1n) is 5.48. The third-order valence-electron chi connectivity index (χ3n) is 2.75. The minimum atomic E-state index is 0.773. The number of hydrogen-bond acceptors (Lipinski definition) is 3. The van der Waals surface area contributed by atoms with Crippen LogP contribution in [-0.4, -0.2) is 23.0 Å². The van der Waals surface area contributed by atoms with Crippen LogP contribution in [0.3, 0.4) is 0 Å². The van der Waals surface area contributed by atoms with Crippen molar-refractivity contribution in [1.82, 2.24) is 9.88 Å². The average Bonchev–Trinajstić information content (AvgIpc) is 2.43. The Kier molecular flexibility index (Phi) is 3.19. The summed E-state index contributed by atoms with van der Waals surface area (Å²) in [7, 11) is 0. The summed E-state index contributed by atoms with van der Waals surface area (Å²) in [4.78, 5) is 6.80. The van der Waals surface area contributed by atoms with Gasteiger partial charge in [-0.15, -0.1) is 0 Å². The van der Waals surface area contributed by atoms with E-state index in [0.29, 0.717) is 0 Å². The molecule has 2 heterocycles. The largest absolute Gasteiger partial charge is 0.449 e. The second kappa shape index (κ2) is 4.60. The summed E-state index contributed by atoms with van der Waals surface area (Å²) in [6.07, 6.45) is 7.20. The van der Waals surface area contributed by atoms with Crippen LogP contribution in [0.4, 0.5) is 0 Å². The predicted molar refractivity (Wildman–Crippen MR) is 55.0 cm³/mol. The standard InChI is InChI=1S/C11H18N2O/c1-10-12-11(9-14-10)8-13-6-4-2-3-5-7-13/h9H,2-8H2,1H3. The highest BCUT2D eigenvalue weighted by Gasteiger charge is 2.10. The summed E-state index contributed by atoms with van der Waals surface area (Å²) in [6, 6.07) is 0. The highest BCUT2D eigenvalue weighted by atomic mass is 16.3. The molecule has 78 valence electrons. The Hall–Kier alpha value is -0.830. The summed E-state index contributed by atoms with van der Waals surface area (Å²) >= 11 is 0. The SMILES string of the molecule is Cc1nc(CN2CCCCCC2)co1. The lowest BCUT2D eigenvalue weighted by atomic mass is 10.2. The van der Waals surface area contributed by atoms with Crippen molar-refractivity contribution in [3.8, 4) is 0 Å². The summed E-state index contributed by atoms with van der Waals surface area (Å²) in [5.74, 6) is 0.773. The first-order valence-corrected chi connectivity index (χ1v) is 5.48. The van der Waals surface area contributed by atoms with Gasteiger partial charge in [0.1, 0.15) is 6.26 Å². The van der Waals surface area contributed by atoms with Crippen molar-refractivity contribution in [2.75, 3.05) is 13.1 Å². The Morgan fingerprint density at radius 2 is 2.00 bits per heavy atom. The number of nitrogens with zero attached hydrogens (tertiary/aromatic N) is 2. The number of aromatic nitrogens is 1. The van der Waals surface area contributed by atoms with Crippen LogP contribution in [0.1, 0.15) is 37.3 Å². The van der Waals surface area contributed by atoms with E-state index in [1.165, 1.54) is 38.8 Å². The van der Waals surface area contributed by atoms with Gasteiger partial charge in [0.25, 0.3) is 0 Å². The highest BCUT2D eigenvalue weighted by molar-refractivity contribution is 4.95. The zero-order valence-electron chi connectivity index (χ0n) is 8.83. The molecule has 0 saturated carbocycles. The van der Waals surface area contributed by atoms with E-state index in [1.807, 2.05) is 6.92 Å². The summed E-state index contributed by atoms with van der Waals surface area (Å²) in [5, 5.41) is 0. The van der Waals surface area contributed by atoms with Gasteiger partial charge in [-0.1, -0.05) is 12.8 Å². The molecule has 1 aliphatic rings. The number of rotatable bonds is 2. The molecule has 0 aliphatic carbocycles. The molecule has 0 amide bonds. The molecular formula is C11H18N2O. The minimum absolute atomic E-state index is 0.773. The van der Waals surface area contributed by atoms with Gasteiger partial charge in [-0.3, -0.25) is 4.90 Å². The van der Waals surface area contributed by atoms with E-state index in [9.17, 15) is 0 Å². The van der Waals surface area contributed by atoms with Crippen LogP contribution in [0, 0.1) is 6.92 Å². The molecule has 1 saturated heterocycles. The third-order valence-corrected chi connectivity index (χ3v) is 2.75. The maximum Gasteiger partial charge on any atom is 0.191 e. The molecule has 3 nitrogen and oxygen atoms in total. The van der Waals surface area contributed by atoms with E-state index in [1.54, 1.807) is 6.26 Å². The normalized spacial score (nSPS) is 19.5. The van der Waals surface area contributed by atoms with Gasteiger partial charge in [0.05, 0.1) is 5.69 Å². The van der Waals surface area contributed by atoms with E-state index < -0.39 is 0 Å². The van der Waals surface area contributed by atoms with Crippen molar-refractivity contribution in [2.45, 2.75) is 39.2 Å². The molecule has 14 heavy (non-hydrogen) atoms. The van der Waals surface area contributed by atoms with Crippen molar-refractivity contribution >= 4 is 0 Å². The Morgan fingerprint density at radius 1 is 1.29 bits per heavy atom. The number of oxazole rings is 1. The minimum Gasteiger partial charge on any atom is -0.449 e. The molecule has 0 unspecified atom stereocenters. The second-order valence-electron chi connectivity index (χ2n) is 4.05. The van der Waals surface area contributed by atoms with E-state index in [-0.39, 0.29) is 0 Å². The maximum absolute atomic E-state index is 5.20. The molecule has 0 bridgehead atoms. The van der Waals surface area contributed by atoms with Gasteiger partial charge in [0.2, 0.25) is 0 Å². The molecular weight excluding hydrogens is 176 g/mol. The highest BCUT2D eigenvalue weighted by Crippen LogP contribution is 2.12. The summed E-state index contributed by atoms with van der Waals surface area (Å²) < 4.78 is 5.20. The fraction of sp³-hybridized carbons (Fsp3) is 0.727. The average molecular weight is 194 g/mol. The van der Waals surface area contributed by atoms with E-state index in [2.05, 4.69) is 9.88 Å². The first kappa shape index (κ1) is 9.71. The molecule has 1 aliphatic heterocycles. The Bertz CT molecular complexity index is 275. The van der Waals surface area contributed by atoms with Crippen molar-refractivity contribution in [3.63, 3.8) is 0 Å². The molecule has 0 aromatic carbocycles. The van der Waals surface area contributed by atoms with Gasteiger partial charge < -0.3 is 4.42 Å². The molecule has 3 heteroatoms. The molecule has 2 rings (SSSR count). The van der Waals surface area contributed by atoms with E-state index >= 15 is 0 Å². The lowest BCUT2D eigenvalue weighted by Gasteiger charge is -2.17. The second-order valence-corrected chi connectivity index (χ2v) is 4.05. The van der Waals surface area contributed by atoms with Crippen molar-refractivity contribution in [2.24, 2.45) is 0 Å². The van der Waals surface area contributed by atoms with Gasteiger partial charge in [-0.25, -0.2) is 4.98 Å². The van der Waals surface area contributed by atoms with Crippen molar-refractivity contribution in [1.29, 1.82) is 0 Å². The van der Waals surface area contributed by atoms with Gasteiger partial charge in [0.15, 0.2) is 5.89 Å². The van der Waals surface area contributed by atoms with Crippen molar-refractivity contribution < 1.29 is 4.42 Å². The van der Waals surface area contributed by atoms with Gasteiger partial charge in [-0.2, -0.15) is 0 Å². The molecule has 0 radical (unpaired) electrons.